The van der Waals surface area contributed by atoms with Crippen LogP contribution in [0.2, 0.25) is 0 Å². The molecule has 1 aromatic rings. The summed E-state index contributed by atoms with van der Waals surface area (Å²) in [5.41, 5.74) is 6.04. The van der Waals surface area contributed by atoms with E-state index in [-0.39, 0.29) is 22.1 Å². The van der Waals surface area contributed by atoms with Crippen LogP contribution >= 0.6 is 15.9 Å². The Morgan fingerprint density at radius 3 is 2.77 bits per heavy atom. The predicted octanol–water partition coefficient (Wildman–Crippen LogP) is 1.80. The number of hydrogen-bond donors (Lipinski definition) is 2. The van der Waals surface area contributed by atoms with E-state index in [1.165, 1.54) is 6.07 Å². The number of rotatable bonds is 2. The van der Waals surface area contributed by atoms with E-state index in [1.54, 1.807) is 0 Å². The SMILES string of the molecule is Nc1cc(Br)c(F)cc1CC(=O)O. The fourth-order valence-electron chi connectivity index (χ4n) is 0.919. The molecule has 0 amide bonds. The first-order valence-corrected chi connectivity index (χ1v) is 4.25. The molecule has 0 fully saturated rings. The molecule has 0 aromatic heterocycles. The summed E-state index contributed by atoms with van der Waals surface area (Å²) in [4.78, 5) is 10.3. The highest BCUT2D eigenvalue weighted by Crippen LogP contribution is 2.22. The van der Waals surface area contributed by atoms with Crippen molar-refractivity contribution in [2.45, 2.75) is 6.42 Å². The summed E-state index contributed by atoms with van der Waals surface area (Å²) in [5.74, 6) is -1.54. The second kappa shape index (κ2) is 3.74. The van der Waals surface area contributed by atoms with Crippen molar-refractivity contribution in [1.29, 1.82) is 0 Å². The second-order valence-corrected chi connectivity index (χ2v) is 3.39. The molecule has 0 bridgehead atoms. The lowest BCUT2D eigenvalue weighted by molar-refractivity contribution is -0.136. The molecule has 0 spiro atoms. The quantitative estimate of drug-likeness (QED) is 0.784. The highest BCUT2D eigenvalue weighted by atomic mass is 79.9. The third-order valence-corrected chi connectivity index (χ3v) is 2.13. The van der Waals surface area contributed by atoms with E-state index < -0.39 is 11.8 Å². The van der Waals surface area contributed by atoms with Crippen LogP contribution in [0.5, 0.6) is 0 Å². The van der Waals surface area contributed by atoms with Crippen LogP contribution in [0.4, 0.5) is 10.1 Å². The molecular weight excluding hydrogens is 241 g/mol. The summed E-state index contributed by atoms with van der Waals surface area (Å²) in [7, 11) is 0. The first-order valence-electron chi connectivity index (χ1n) is 3.46. The van der Waals surface area contributed by atoms with Gasteiger partial charge in [0.15, 0.2) is 0 Å². The maximum atomic E-state index is 12.9. The molecule has 3 nitrogen and oxygen atoms in total. The molecule has 0 radical (unpaired) electrons. The molecule has 70 valence electrons. The summed E-state index contributed by atoms with van der Waals surface area (Å²) in [6, 6.07) is 2.47. The Morgan fingerprint density at radius 2 is 2.23 bits per heavy atom. The standard InChI is InChI=1S/C8H7BrFNO2/c9-5-3-7(11)4(1-6(5)10)2-8(12)13/h1,3H,2,11H2,(H,12,13). The van der Waals surface area contributed by atoms with Crippen molar-refractivity contribution in [3.63, 3.8) is 0 Å². The van der Waals surface area contributed by atoms with Gasteiger partial charge in [-0.25, -0.2) is 4.39 Å². The van der Waals surface area contributed by atoms with Gasteiger partial charge in [-0.1, -0.05) is 0 Å². The zero-order valence-corrected chi connectivity index (χ0v) is 8.14. The minimum Gasteiger partial charge on any atom is -0.481 e. The van der Waals surface area contributed by atoms with Crippen molar-refractivity contribution < 1.29 is 14.3 Å². The molecule has 0 saturated carbocycles. The minimum atomic E-state index is -1.03. The molecule has 5 heteroatoms. The lowest BCUT2D eigenvalue weighted by Crippen LogP contribution is -2.04. The van der Waals surface area contributed by atoms with Crippen LogP contribution in [0.1, 0.15) is 5.56 Å². The molecule has 0 heterocycles. The normalized spacial score (nSPS) is 10.0. The average molecular weight is 248 g/mol. The van der Waals surface area contributed by atoms with Gasteiger partial charge in [0.25, 0.3) is 0 Å². The number of benzene rings is 1. The zero-order valence-electron chi connectivity index (χ0n) is 6.55. The number of carbonyl (C=O) groups is 1. The van der Waals surface area contributed by atoms with Crippen molar-refractivity contribution >= 4 is 27.6 Å². The highest BCUT2D eigenvalue weighted by Gasteiger charge is 2.08. The van der Waals surface area contributed by atoms with E-state index in [0.717, 1.165) is 6.07 Å². The molecule has 0 unspecified atom stereocenters. The Labute approximate surface area is 82.5 Å². The van der Waals surface area contributed by atoms with Gasteiger partial charge in [-0.2, -0.15) is 0 Å². The molecule has 3 N–H and O–H groups in total. The molecule has 0 saturated heterocycles. The number of carboxylic acid groups (broad SMARTS) is 1. The van der Waals surface area contributed by atoms with Gasteiger partial charge in [0.05, 0.1) is 10.9 Å². The first kappa shape index (κ1) is 9.98. The van der Waals surface area contributed by atoms with Gasteiger partial charge in [-0.3, -0.25) is 4.79 Å². The largest absolute Gasteiger partial charge is 0.481 e. The maximum absolute atomic E-state index is 12.9. The Bertz CT molecular complexity index is 354. The van der Waals surface area contributed by atoms with Crippen molar-refractivity contribution in [2.24, 2.45) is 0 Å². The lowest BCUT2D eigenvalue weighted by Gasteiger charge is -2.03. The Morgan fingerprint density at radius 1 is 1.62 bits per heavy atom. The van der Waals surface area contributed by atoms with Crippen LogP contribution in [-0.4, -0.2) is 11.1 Å². The van der Waals surface area contributed by atoms with Crippen LogP contribution in [0.25, 0.3) is 0 Å². The second-order valence-electron chi connectivity index (χ2n) is 2.54. The van der Waals surface area contributed by atoms with Crippen molar-refractivity contribution in [1.82, 2.24) is 0 Å². The van der Waals surface area contributed by atoms with Crippen LogP contribution in [-0.2, 0) is 11.2 Å². The van der Waals surface area contributed by atoms with E-state index in [4.69, 9.17) is 10.8 Å². The van der Waals surface area contributed by atoms with Gasteiger partial charge in [-0.15, -0.1) is 0 Å². The molecule has 1 rings (SSSR count). The van der Waals surface area contributed by atoms with Gasteiger partial charge in [0, 0.05) is 5.69 Å². The average Bonchev–Trinajstić information content (AvgIpc) is 1.99. The number of halogens is 2. The summed E-state index contributed by atoms with van der Waals surface area (Å²) >= 11 is 2.94. The number of nitrogens with two attached hydrogens (primary N) is 1. The van der Waals surface area contributed by atoms with Gasteiger partial charge in [0.1, 0.15) is 5.82 Å². The Kier molecular flexibility index (Phi) is 2.87. The monoisotopic (exact) mass is 247 g/mol. The fourth-order valence-corrected chi connectivity index (χ4v) is 1.28. The minimum absolute atomic E-state index is 0.235. The highest BCUT2D eigenvalue weighted by molar-refractivity contribution is 9.10. The number of nitrogen functional groups attached to an aromatic ring is 1. The molecule has 1 aromatic carbocycles. The van der Waals surface area contributed by atoms with E-state index in [2.05, 4.69) is 15.9 Å². The smallest absolute Gasteiger partial charge is 0.307 e. The summed E-state index contributed by atoms with van der Waals surface area (Å²) in [5, 5.41) is 8.46. The third kappa shape index (κ3) is 2.42. The molecule has 0 aliphatic carbocycles. The molecular formula is C8H7BrFNO2. The molecule has 0 aliphatic heterocycles. The number of aliphatic carboxylic acids is 1. The van der Waals surface area contributed by atoms with Crippen molar-refractivity contribution in [2.75, 3.05) is 5.73 Å². The Hall–Kier alpha value is -1.10. The van der Waals surface area contributed by atoms with E-state index >= 15 is 0 Å². The van der Waals surface area contributed by atoms with Gasteiger partial charge < -0.3 is 10.8 Å². The maximum Gasteiger partial charge on any atom is 0.307 e. The third-order valence-electron chi connectivity index (χ3n) is 1.52. The van der Waals surface area contributed by atoms with Crippen LogP contribution in [0.15, 0.2) is 16.6 Å². The van der Waals surface area contributed by atoms with Gasteiger partial charge in [0.2, 0.25) is 0 Å². The number of hydrogen-bond acceptors (Lipinski definition) is 2. The first-order chi connectivity index (χ1) is 6.00. The van der Waals surface area contributed by atoms with Crippen molar-refractivity contribution in [3.05, 3.63) is 28.0 Å². The summed E-state index contributed by atoms with van der Waals surface area (Å²) in [6.45, 7) is 0. The fraction of sp³-hybridized carbons (Fsp3) is 0.125. The van der Waals surface area contributed by atoms with Crippen LogP contribution in [0.3, 0.4) is 0 Å². The van der Waals surface area contributed by atoms with Gasteiger partial charge in [-0.05, 0) is 33.6 Å². The molecule has 13 heavy (non-hydrogen) atoms. The number of carboxylic acids is 1. The summed E-state index contributed by atoms with van der Waals surface area (Å²) < 4.78 is 13.1. The number of anilines is 1. The van der Waals surface area contributed by atoms with Crippen molar-refractivity contribution in [3.8, 4) is 0 Å². The van der Waals surface area contributed by atoms with Gasteiger partial charge >= 0.3 is 5.97 Å². The summed E-state index contributed by atoms with van der Waals surface area (Å²) in [6.07, 6.45) is -0.268. The molecule has 0 aliphatic rings. The lowest BCUT2D eigenvalue weighted by atomic mass is 10.1. The van der Waals surface area contributed by atoms with E-state index in [0.29, 0.717) is 0 Å². The zero-order chi connectivity index (χ0) is 10.0. The topological polar surface area (TPSA) is 63.3 Å². The molecule has 0 atom stereocenters. The Balaban J connectivity index is 3.08. The van der Waals surface area contributed by atoms with E-state index in [1.807, 2.05) is 0 Å². The van der Waals surface area contributed by atoms with Crippen LogP contribution < -0.4 is 5.73 Å². The predicted molar refractivity (Wildman–Crippen MR) is 49.9 cm³/mol. The van der Waals surface area contributed by atoms with E-state index in [9.17, 15) is 9.18 Å². The van der Waals surface area contributed by atoms with Crippen LogP contribution in [0, 0.1) is 5.82 Å².